The topological polar surface area (TPSA) is 27.7 Å². The van der Waals surface area contributed by atoms with Gasteiger partial charge in [-0.3, -0.25) is 0 Å². The van der Waals surface area contributed by atoms with Gasteiger partial charge in [-0.25, -0.2) is 0 Å². The summed E-state index contributed by atoms with van der Waals surface area (Å²) in [6.07, 6.45) is 0. The molecule has 0 aliphatic heterocycles. The van der Waals surface area contributed by atoms with Gasteiger partial charge in [0.1, 0.15) is 0 Å². The van der Waals surface area contributed by atoms with E-state index in [0.29, 0.717) is 0 Å². The zero-order valence-corrected chi connectivity index (χ0v) is 13.1. The predicted octanol–water partition coefficient (Wildman–Crippen LogP) is 1.97. The lowest BCUT2D eigenvalue weighted by Gasteiger charge is -2.44. The second-order valence-electron chi connectivity index (χ2n) is 4.49. The van der Waals surface area contributed by atoms with Crippen molar-refractivity contribution in [2.45, 2.75) is 30.6 Å². The fraction of sp³-hybridized carbons (Fsp3) is 1.00. The molecule has 0 rings (SSSR count). The van der Waals surface area contributed by atoms with Crippen LogP contribution in [0.5, 0.6) is 0 Å². The largest absolute Gasteiger partial charge is 0.513 e. The first-order valence-corrected chi connectivity index (χ1v) is 10.2. The molecule has 0 radical (unpaired) electrons. The molecule has 3 nitrogen and oxygen atoms in total. The quantitative estimate of drug-likeness (QED) is 0.600. The van der Waals surface area contributed by atoms with Gasteiger partial charge in [-0.15, -0.1) is 0 Å². The zero-order valence-electron chi connectivity index (χ0n) is 10.2. The summed E-state index contributed by atoms with van der Waals surface area (Å²) in [5.74, 6) is 0. The molecule has 0 saturated heterocycles. The van der Waals surface area contributed by atoms with Gasteiger partial charge in [0.05, 0.1) is 12.1 Å². The van der Waals surface area contributed by atoms with Crippen molar-refractivity contribution < 1.29 is 13.3 Å². The summed E-state index contributed by atoms with van der Waals surface area (Å²) in [7, 11) is 0.712. The van der Waals surface area contributed by atoms with Gasteiger partial charge in [0.25, 0.3) is 0 Å². The molecule has 0 aromatic heterocycles. The molecular weight excluding hydrogens is 232 g/mol. The third-order valence-corrected chi connectivity index (χ3v) is 14.6. The van der Waals surface area contributed by atoms with Gasteiger partial charge in [-0.05, 0) is 6.92 Å². The first kappa shape index (κ1) is 14.7. The van der Waals surface area contributed by atoms with Crippen LogP contribution in [0.15, 0.2) is 0 Å². The molecule has 1 atom stereocenters. The standard InChI is InChI=1S/C8H22O3SSi2/c1-8(12,13(5,6)7)14(9-2,10-3)11-4/h12H,1-7H3/t8-/m0/s1. The predicted molar refractivity (Wildman–Crippen MR) is 67.5 cm³/mol. The molecule has 0 amide bonds. The normalized spacial score (nSPS) is 18.0. The summed E-state index contributed by atoms with van der Waals surface area (Å²) in [5.41, 5.74) is 0. The monoisotopic (exact) mass is 254 g/mol. The van der Waals surface area contributed by atoms with E-state index in [1.807, 2.05) is 0 Å². The van der Waals surface area contributed by atoms with Crippen LogP contribution < -0.4 is 0 Å². The molecule has 0 heterocycles. The van der Waals surface area contributed by atoms with E-state index in [2.05, 4.69) is 26.6 Å². The molecule has 14 heavy (non-hydrogen) atoms. The summed E-state index contributed by atoms with van der Waals surface area (Å²) >= 11 is 4.74. The van der Waals surface area contributed by atoms with Crippen LogP contribution in [0.2, 0.25) is 19.6 Å². The van der Waals surface area contributed by atoms with Crippen molar-refractivity contribution in [3.05, 3.63) is 0 Å². The minimum Gasteiger partial charge on any atom is -0.376 e. The molecule has 0 saturated carbocycles. The Labute approximate surface area is 94.9 Å². The summed E-state index contributed by atoms with van der Waals surface area (Å²) < 4.78 is 16.1. The maximum Gasteiger partial charge on any atom is 0.513 e. The van der Waals surface area contributed by atoms with Crippen LogP contribution >= 0.6 is 12.6 Å². The van der Waals surface area contributed by atoms with Crippen molar-refractivity contribution >= 4 is 29.5 Å². The van der Waals surface area contributed by atoms with Crippen molar-refractivity contribution in [2.24, 2.45) is 0 Å². The maximum absolute atomic E-state index is 5.48. The molecule has 0 spiro atoms. The van der Waals surface area contributed by atoms with E-state index in [1.165, 1.54) is 0 Å². The van der Waals surface area contributed by atoms with Crippen molar-refractivity contribution in [3.63, 3.8) is 0 Å². The Morgan fingerprint density at radius 1 is 0.929 bits per heavy atom. The van der Waals surface area contributed by atoms with Crippen LogP contribution in [-0.4, -0.2) is 42.2 Å². The summed E-state index contributed by atoms with van der Waals surface area (Å²) in [5, 5.41) is 0. The average Bonchev–Trinajstić information content (AvgIpc) is 2.06. The number of thiol groups is 1. The molecule has 0 bridgehead atoms. The van der Waals surface area contributed by atoms with Crippen LogP contribution in [0.25, 0.3) is 0 Å². The Kier molecular flexibility index (Phi) is 4.89. The fourth-order valence-corrected chi connectivity index (χ4v) is 8.41. The second-order valence-corrected chi connectivity index (χ2v) is 15.6. The number of hydrogen-bond donors (Lipinski definition) is 1. The van der Waals surface area contributed by atoms with Crippen LogP contribution in [-0.2, 0) is 13.3 Å². The average molecular weight is 254 g/mol. The molecule has 0 aliphatic rings. The van der Waals surface area contributed by atoms with Crippen LogP contribution in [0, 0.1) is 0 Å². The first-order chi connectivity index (χ1) is 6.18. The van der Waals surface area contributed by atoms with Gasteiger partial charge >= 0.3 is 8.80 Å². The molecular formula is C8H22O3SSi2. The maximum atomic E-state index is 5.48. The summed E-state index contributed by atoms with van der Waals surface area (Å²) in [4.78, 5) is 0. The molecule has 6 heteroatoms. The van der Waals surface area contributed by atoms with E-state index in [1.54, 1.807) is 21.3 Å². The van der Waals surface area contributed by atoms with Gasteiger partial charge in [-0.1, -0.05) is 19.6 Å². The molecule has 0 aliphatic carbocycles. The Morgan fingerprint density at radius 2 is 1.21 bits per heavy atom. The first-order valence-electron chi connectivity index (χ1n) is 4.56. The molecule has 0 unspecified atom stereocenters. The van der Waals surface area contributed by atoms with Gasteiger partial charge in [0.2, 0.25) is 0 Å². The van der Waals surface area contributed by atoms with Gasteiger partial charge in [-0.2, -0.15) is 12.6 Å². The third-order valence-electron chi connectivity index (χ3n) is 2.86. The van der Waals surface area contributed by atoms with Crippen molar-refractivity contribution in [1.82, 2.24) is 0 Å². The summed E-state index contributed by atoms with van der Waals surface area (Å²) in [6.45, 7) is 8.77. The Bertz CT molecular complexity index is 179. The van der Waals surface area contributed by atoms with Crippen LogP contribution in [0.4, 0.5) is 0 Å². The van der Waals surface area contributed by atoms with Gasteiger partial charge < -0.3 is 13.3 Å². The van der Waals surface area contributed by atoms with Crippen molar-refractivity contribution in [3.8, 4) is 0 Å². The van der Waals surface area contributed by atoms with E-state index < -0.39 is 16.9 Å². The smallest absolute Gasteiger partial charge is 0.376 e. The number of rotatable bonds is 5. The van der Waals surface area contributed by atoms with Crippen LogP contribution in [0.3, 0.4) is 0 Å². The lowest BCUT2D eigenvalue weighted by Crippen LogP contribution is -2.69. The minimum atomic E-state index is -2.65. The highest BCUT2D eigenvalue weighted by atomic mass is 32.1. The Balaban J connectivity index is 5.19. The van der Waals surface area contributed by atoms with Crippen molar-refractivity contribution in [2.75, 3.05) is 21.3 Å². The fourth-order valence-electron chi connectivity index (χ4n) is 1.31. The Morgan fingerprint density at radius 3 is 1.29 bits per heavy atom. The second kappa shape index (κ2) is 4.67. The third kappa shape index (κ3) is 2.25. The minimum absolute atomic E-state index is 0.293. The summed E-state index contributed by atoms with van der Waals surface area (Å²) in [6, 6.07) is 0. The molecule has 0 aromatic carbocycles. The van der Waals surface area contributed by atoms with E-state index in [9.17, 15) is 0 Å². The Hall–Kier alpha value is 0.664. The number of hydrogen-bond acceptors (Lipinski definition) is 4. The SMILES string of the molecule is CO[Si](OC)(OC)[C@@](C)(S)[Si](C)(C)C. The molecule has 86 valence electrons. The van der Waals surface area contributed by atoms with E-state index >= 15 is 0 Å². The highest BCUT2D eigenvalue weighted by Gasteiger charge is 2.61. The van der Waals surface area contributed by atoms with E-state index in [4.69, 9.17) is 25.9 Å². The van der Waals surface area contributed by atoms with E-state index in [0.717, 1.165) is 0 Å². The van der Waals surface area contributed by atoms with Gasteiger partial charge in [0.15, 0.2) is 0 Å². The lowest BCUT2D eigenvalue weighted by atomic mass is 10.9. The van der Waals surface area contributed by atoms with E-state index in [-0.39, 0.29) is 3.99 Å². The van der Waals surface area contributed by atoms with Gasteiger partial charge in [0, 0.05) is 21.3 Å². The zero-order chi connectivity index (χ0) is 11.6. The van der Waals surface area contributed by atoms with Crippen molar-refractivity contribution in [1.29, 1.82) is 0 Å². The highest BCUT2D eigenvalue weighted by Crippen LogP contribution is 2.37. The lowest BCUT2D eigenvalue weighted by molar-refractivity contribution is 0.118. The molecule has 0 aromatic rings. The molecule has 0 N–H and O–H groups in total. The van der Waals surface area contributed by atoms with Crippen LogP contribution in [0.1, 0.15) is 6.92 Å². The molecule has 0 fully saturated rings. The highest BCUT2D eigenvalue weighted by molar-refractivity contribution is 7.86.